The molecule has 1 fully saturated rings. The Balaban J connectivity index is 2.09. The second-order valence-electron chi connectivity index (χ2n) is 5.76. The van der Waals surface area contributed by atoms with E-state index in [2.05, 4.69) is 4.74 Å². The van der Waals surface area contributed by atoms with Crippen LogP contribution in [0.2, 0.25) is 0 Å². The van der Waals surface area contributed by atoms with Crippen LogP contribution >= 0.6 is 0 Å². The minimum atomic E-state index is -3.68. The summed E-state index contributed by atoms with van der Waals surface area (Å²) in [6.07, 6.45) is 1.07. The van der Waals surface area contributed by atoms with E-state index in [0.29, 0.717) is 24.9 Å². The maximum absolute atomic E-state index is 12.6. The van der Waals surface area contributed by atoms with Crippen LogP contribution in [0, 0.1) is 0 Å². The van der Waals surface area contributed by atoms with E-state index in [1.807, 2.05) is 6.07 Å². The Labute approximate surface area is 142 Å². The molecular formula is C16H22N2O5S. The fourth-order valence-electron chi connectivity index (χ4n) is 2.72. The van der Waals surface area contributed by atoms with Crippen LogP contribution < -0.4 is 0 Å². The van der Waals surface area contributed by atoms with Gasteiger partial charge in [-0.25, -0.2) is 8.42 Å². The zero-order chi connectivity index (χ0) is 17.7. The van der Waals surface area contributed by atoms with Crippen LogP contribution in [-0.4, -0.2) is 68.5 Å². The average Bonchev–Trinajstić information content (AvgIpc) is 2.61. The first kappa shape index (κ1) is 18.4. The van der Waals surface area contributed by atoms with E-state index in [9.17, 15) is 18.0 Å². The van der Waals surface area contributed by atoms with Crippen LogP contribution in [0.3, 0.4) is 0 Å². The van der Waals surface area contributed by atoms with Crippen molar-refractivity contribution in [3.8, 4) is 0 Å². The lowest BCUT2D eigenvalue weighted by Crippen LogP contribution is -2.49. The summed E-state index contributed by atoms with van der Waals surface area (Å²) in [5.41, 5.74) is 0.540. The van der Waals surface area contributed by atoms with Crippen molar-refractivity contribution >= 4 is 21.9 Å². The van der Waals surface area contributed by atoms with Gasteiger partial charge in [-0.1, -0.05) is 18.2 Å². The molecule has 1 amide bonds. The van der Waals surface area contributed by atoms with Crippen LogP contribution in [0.15, 0.2) is 30.3 Å². The maximum atomic E-state index is 12.6. The fourth-order valence-corrected chi connectivity index (χ4v) is 4.35. The summed E-state index contributed by atoms with van der Waals surface area (Å²) in [6, 6.07) is 8.79. The smallest absolute Gasteiger partial charge is 0.320 e. The number of hydrogen-bond donors (Lipinski definition) is 0. The van der Waals surface area contributed by atoms with Gasteiger partial charge in [-0.3, -0.25) is 9.59 Å². The normalized spacial score (nSPS) is 18.5. The standard InChI is InChI=1S/C16H22N2O5S/c1-17(12-15(19)23-2)24(21,22)14-9-6-10-18(11-14)16(20)13-7-4-3-5-8-13/h3-5,7-8,14H,6,9-12H2,1-2H3. The number of likely N-dealkylation sites (tertiary alicyclic amines) is 1. The number of esters is 1. The van der Waals surface area contributed by atoms with Crippen molar-refractivity contribution in [3.05, 3.63) is 35.9 Å². The Kier molecular flexibility index (Phi) is 5.95. The number of ether oxygens (including phenoxy) is 1. The zero-order valence-corrected chi connectivity index (χ0v) is 14.7. The first-order chi connectivity index (χ1) is 11.4. The minimum Gasteiger partial charge on any atom is -0.468 e. The lowest BCUT2D eigenvalue weighted by atomic mass is 10.1. The number of carbonyl (C=O) groups is 2. The van der Waals surface area contributed by atoms with Gasteiger partial charge in [0.25, 0.3) is 5.91 Å². The Morgan fingerprint density at radius 3 is 2.58 bits per heavy atom. The summed E-state index contributed by atoms with van der Waals surface area (Å²) in [5, 5.41) is -0.714. The van der Waals surface area contributed by atoms with Crippen molar-refractivity contribution < 1.29 is 22.7 Å². The molecule has 0 bridgehead atoms. The molecule has 0 aliphatic carbocycles. The number of sulfonamides is 1. The monoisotopic (exact) mass is 354 g/mol. The fraction of sp³-hybridized carbons (Fsp3) is 0.500. The second kappa shape index (κ2) is 7.76. The number of amides is 1. The zero-order valence-electron chi connectivity index (χ0n) is 13.8. The minimum absolute atomic E-state index is 0.127. The molecule has 0 spiro atoms. The van der Waals surface area contributed by atoms with Crippen molar-refractivity contribution in [3.63, 3.8) is 0 Å². The molecule has 0 saturated carbocycles. The average molecular weight is 354 g/mol. The lowest BCUT2D eigenvalue weighted by Gasteiger charge is -2.34. The van der Waals surface area contributed by atoms with E-state index in [-0.39, 0.29) is 19.0 Å². The first-order valence-corrected chi connectivity index (χ1v) is 9.23. The molecule has 0 N–H and O–H groups in total. The predicted molar refractivity (Wildman–Crippen MR) is 88.9 cm³/mol. The number of rotatable bonds is 5. The van der Waals surface area contributed by atoms with Gasteiger partial charge >= 0.3 is 5.97 Å². The van der Waals surface area contributed by atoms with Crippen molar-refractivity contribution in [1.82, 2.24) is 9.21 Å². The van der Waals surface area contributed by atoms with Crippen molar-refractivity contribution in [2.75, 3.05) is 33.8 Å². The van der Waals surface area contributed by atoms with Gasteiger partial charge in [0.05, 0.1) is 12.4 Å². The maximum Gasteiger partial charge on any atom is 0.320 e. The Hall–Kier alpha value is -1.93. The number of methoxy groups -OCH3 is 1. The van der Waals surface area contributed by atoms with Gasteiger partial charge in [0.2, 0.25) is 10.0 Å². The third-order valence-electron chi connectivity index (χ3n) is 4.12. The molecule has 0 aromatic heterocycles. The second-order valence-corrected chi connectivity index (χ2v) is 8.08. The first-order valence-electron chi connectivity index (χ1n) is 7.72. The molecule has 1 aromatic carbocycles. The lowest BCUT2D eigenvalue weighted by molar-refractivity contribution is -0.140. The highest BCUT2D eigenvalue weighted by Gasteiger charge is 2.36. The van der Waals surface area contributed by atoms with Gasteiger partial charge in [-0.05, 0) is 25.0 Å². The Bertz CT molecular complexity index is 690. The van der Waals surface area contributed by atoms with Crippen molar-refractivity contribution in [2.24, 2.45) is 0 Å². The molecule has 1 aliphatic rings. The molecule has 1 aromatic rings. The molecule has 24 heavy (non-hydrogen) atoms. The summed E-state index contributed by atoms with van der Waals surface area (Å²) in [5.74, 6) is -0.791. The van der Waals surface area contributed by atoms with Gasteiger partial charge in [-0.15, -0.1) is 0 Å². The highest BCUT2D eigenvalue weighted by molar-refractivity contribution is 7.89. The molecule has 1 heterocycles. The van der Waals surface area contributed by atoms with Crippen LogP contribution in [0.1, 0.15) is 23.2 Å². The quantitative estimate of drug-likeness (QED) is 0.728. The molecular weight excluding hydrogens is 332 g/mol. The number of benzene rings is 1. The summed E-state index contributed by atoms with van der Waals surface area (Å²) < 4.78 is 30.8. The number of piperidine rings is 1. The summed E-state index contributed by atoms with van der Waals surface area (Å²) in [7, 11) is -1.11. The molecule has 0 radical (unpaired) electrons. The van der Waals surface area contributed by atoms with Crippen molar-refractivity contribution in [1.29, 1.82) is 0 Å². The topological polar surface area (TPSA) is 84.0 Å². The highest BCUT2D eigenvalue weighted by atomic mass is 32.2. The Morgan fingerprint density at radius 1 is 1.29 bits per heavy atom. The molecule has 1 saturated heterocycles. The molecule has 2 rings (SSSR count). The van der Waals surface area contributed by atoms with Crippen LogP contribution in [0.25, 0.3) is 0 Å². The van der Waals surface area contributed by atoms with E-state index < -0.39 is 21.2 Å². The van der Waals surface area contributed by atoms with Gasteiger partial charge in [-0.2, -0.15) is 4.31 Å². The SMILES string of the molecule is COC(=O)CN(C)S(=O)(=O)C1CCCN(C(=O)c2ccccc2)C1. The Morgan fingerprint density at radius 2 is 1.96 bits per heavy atom. The number of likely N-dealkylation sites (N-methyl/N-ethyl adjacent to an activating group) is 1. The van der Waals surface area contributed by atoms with E-state index in [4.69, 9.17) is 0 Å². The van der Waals surface area contributed by atoms with Crippen LogP contribution in [-0.2, 0) is 19.6 Å². The van der Waals surface area contributed by atoms with Gasteiger partial charge in [0.1, 0.15) is 6.54 Å². The number of carbonyl (C=O) groups excluding carboxylic acids is 2. The highest BCUT2D eigenvalue weighted by Crippen LogP contribution is 2.21. The van der Waals surface area contributed by atoms with Crippen LogP contribution in [0.5, 0.6) is 0 Å². The van der Waals surface area contributed by atoms with Crippen LogP contribution in [0.4, 0.5) is 0 Å². The third-order valence-corrected chi connectivity index (χ3v) is 6.35. The molecule has 7 nitrogen and oxygen atoms in total. The predicted octanol–water partition coefficient (Wildman–Crippen LogP) is 0.726. The van der Waals surface area contributed by atoms with E-state index >= 15 is 0 Å². The largest absolute Gasteiger partial charge is 0.468 e. The summed E-state index contributed by atoms with van der Waals surface area (Å²) in [4.78, 5) is 25.4. The summed E-state index contributed by atoms with van der Waals surface area (Å²) in [6.45, 7) is 0.323. The van der Waals surface area contributed by atoms with Gasteiger partial charge < -0.3 is 9.64 Å². The molecule has 1 aliphatic heterocycles. The molecule has 8 heteroatoms. The van der Waals surface area contributed by atoms with Gasteiger partial charge in [0, 0.05) is 25.7 Å². The third kappa shape index (κ3) is 4.12. The summed E-state index contributed by atoms with van der Waals surface area (Å²) >= 11 is 0. The van der Waals surface area contributed by atoms with E-state index in [1.54, 1.807) is 29.2 Å². The van der Waals surface area contributed by atoms with E-state index in [1.165, 1.54) is 14.2 Å². The van der Waals surface area contributed by atoms with Gasteiger partial charge in [0.15, 0.2) is 0 Å². The molecule has 1 atom stereocenters. The molecule has 1 unspecified atom stereocenters. The van der Waals surface area contributed by atoms with E-state index in [0.717, 1.165) is 4.31 Å². The number of hydrogen-bond acceptors (Lipinski definition) is 5. The van der Waals surface area contributed by atoms with Crippen molar-refractivity contribution in [2.45, 2.75) is 18.1 Å². The molecule has 132 valence electrons. The number of nitrogens with zero attached hydrogens (tertiary/aromatic N) is 2.